The highest BCUT2D eigenvalue weighted by atomic mass is 15.0. The molecule has 1 heteroatoms. The Morgan fingerprint density at radius 1 is 1.05 bits per heavy atom. The van der Waals surface area contributed by atoms with Crippen LogP contribution in [0.3, 0.4) is 0 Å². The Hall–Kier alpha value is -0.820. The molecule has 2 aliphatic rings. The van der Waals surface area contributed by atoms with Gasteiger partial charge >= 0.3 is 0 Å². The van der Waals surface area contributed by atoms with Crippen LogP contribution in [0.25, 0.3) is 0 Å². The summed E-state index contributed by atoms with van der Waals surface area (Å²) in [5, 5.41) is 3.82. The van der Waals surface area contributed by atoms with Gasteiger partial charge < -0.3 is 5.32 Å². The van der Waals surface area contributed by atoms with Gasteiger partial charge in [0.2, 0.25) is 0 Å². The maximum absolute atomic E-state index is 3.82. The lowest BCUT2D eigenvalue weighted by atomic mass is 9.67. The highest BCUT2D eigenvalue weighted by molar-refractivity contribution is 5.27. The molecule has 0 aliphatic heterocycles. The fourth-order valence-electron chi connectivity index (χ4n) is 3.96. The molecule has 2 saturated carbocycles. The quantitative estimate of drug-likeness (QED) is 0.802. The molecule has 1 aromatic carbocycles. The Morgan fingerprint density at radius 2 is 1.74 bits per heavy atom. The zero-order valence-electron chi connectivity index (χ0n) is 12.2. The number of hydrogen-bond acceptors (Lipinski definition) is 1. The van der Waals surface area contributed by atoms with Gasteiger partial charge in [-0.15, -0.1) is 0 Å². The molecule has 3 rings (SSSR count). The third-order valence-corrected chi connectivity index (χ3v) is 5.40. The molecule has 0 radical (unpaired) electrons. The smallest absolute Gasteiger partial charge is 0.0103 e. The molecule has 2 fully saturated rings. The molecule has 1 atom stereocenters. The van der Waals surface area contributed by atoms with Gasteiger partial charge in [-0.3, -0.25) is 0 Å². The second-order valence-corrected chi connectivity index (χ2v) is 6.51. The van der Waals surface area contributed by atoms with E-state index in [9.17, 15) is 0 Å². The highest BCUT2D eigenvalue weighted by Gasteiger charge is 2.40. The largest absolute Gasteiger partial charge is 0.313 e. The molecule has 1 aromatic rings. The van der Waals surface area contributed by atoms with Gasteiger partial charge in [0.05, 0.1) is 0 Å². The highest BCUT2D eigenvalue weighted by Crippen LogP contribution is 2.44. The molecule has 0 saturated heterocycles. The van der Waals surface area contributed by atoms with E-state index in [0.29, 0.717) is 5.41 Å². The summed E-state index contributed by atoms with van der Waals surface area (Å²) in [7, 11) is 0. The summed E-state index contributed by atoms with van der Waals surface area (Å²) >= 11 is 0. The minimum atomic E-state index is 0.375. The van der Waals surface area contributed by atoms with Crippen molar-refractivity contribution >= 4 is 0 Å². The van der Waals surface area contributed by atoms with Crippen molar-refractivity contribution in [2.45, 2.75) is 63.3 Å². The molecular formula is C18H27N. The first kappa shape index (κ1) is 13.2. The van der Waals surface area contributed by atoms with Crippen molar-refractivity contribution in [3.05, 3.63) is 35.9 Å². The molecule has 0 amide bonds. The first-order valence-corrected chi connectivity index (χ1v) is 8.14. The molecule has 1 nitrogen and oxygen atoms in total. The molecule has 19 heavy (non-hydrogen) atoms. The third-order valence-electron chi connectivity index (χ3n) is 5.40. The van der Waals surface area contributed by atoms with Crippen LogP contribution in [0.2, 0.25) is 0 Å². The second-order valence-electron chi connectivity index (χ2n) is 6.51. The van der Waals surface area contributed by atoms with Crippen molar-refractivity contribution in [1.29, 1.82) is 0 Å². The lowest BCUT2D eigenvalue weighted by Gasteiger charge is -2.40. The van der Waals surface area contributed by atoms with Crippen LogP contribution in [0.15, 0.2) is 30.3 Å². The van der Waals surface area contributed by atoms with Crippen LogP contribution in [-0.2, 0) is 5.41 Å². The van der Waals surface area contributed by atoms with Crippen molar-refractivity contribution in [2.75, 3.05) is 6.54 Å². The van der Waals surface area contributed by atoms with Crippen LogP contribution in [0.1, 0.15) is 57.4 Å². The van der Waals surface area contributed by atoms with Crippen LogP contribution < -0.4 is 5.32 Å². The van der Waals surface area contributed by atoms with Gasteiger partial charge in [-0.1, -0.05) is 50.1 Å². The summed E-state index contributed by atoms with van der Waals surface area (Å²) in [6.45, 7) is 3.57. The molecule has 0 heterocycles. The summed E-state index contributed by atoms with van der Waals surface area (Å²) in [6, 6.07) is 12.1. The fourth-order valence-corrected chi connectivity index (χ4v) is 3.96. The zero-order chi connectivity index (χ0) is 13.1. The summed E-state index contributed by atoms with van der Waals surface area (Å²) in [6.07, 6.45) is 9.76. The van der Waals surface area contributed by atoms with Gasteiger partial charge in [-0.25, -0.2) is 0 Å². The minimum absolute atomic E-state index is 0.375. The standard InChI is InChI=1S/C18H27N/c1-2-18(14-19-17-12-13-17,16-10-6-7-11-16)15-8-4-3-5-9-15/h3-5,8-9,16-17,19H,2,6-7,10-14H2,1H3. The van der Waals surface area contributed by atoms with Gasteiger partial charge in [0.15, 0.2) is 0 Å². The van der Waals surface area contributed by atoms with E-state index in [4.69, 9.17) is 0 Å². The van der Waals surface area contributed by atoms with Crippen LogP contribution in [0, 0.1) is 5.92 Å². The van der Waals surface area contributed by atoms with E-state index in [1.807, 2.05) is 0 Å². The first-order chi connectivity index (χ1) is 9.35. The van der Waals surface area contributed by atoms with Crippen LogP contribution >= 0.6 is 0 Å². The van der Waals surface area contributed by atoms with E-state index < -0.39 is 0 Å². The summed E-state index contributed by atoms with van der Waals surface area (Å²) in [4.78, 5) is 0. The first-order valence-electron chi connectivity index (χ1n) is 8.14. The van der Waals surface area contributed by atoms with Gasteiger partial charge in [0.1, 0.15) is 0 Å². The lowest BCUT2D eigenvalue weighted by molar-refractivity contribution is 0.248. The monoisotopic (exact) mass is 257 g/mol. The summed E-state index contributed by atoms with van der Waals surface area (Å²) < 4.78 is 0. The Morgan fingerprint density at radius 3 is 2.32 bits per heavy atom. The van der Waals surface area contributed by atoms with E-state index in [2.05, 4.69) is 42.6 Å². The number of rotatable bonds is 6. The van der Waals surface area contributed by atoms with Crippen LogP contribution in [-0.4, -0.2) is 12.6 Å². The van der Waals surface area contributed by atoms with Crippen molar-refractivity contribution < 1.29 is 0 Å². The van der Waals surface area contributed by atoms with Crippen molar-refractivity contribution in [1.82, 2.24) is 5.32 Å². The predicted molar refractivity (Wildman–Crippen MR) is 81.4 cm³/mol. The van der Waals surface area contributed by atoms with Crippen molar-refractivity contribution in [2.24, 2.45) is 5.92 Å². The van der Waals surface area contributed by atoms with E-state index in [1.54, 1.807) is 5.56 Å². The summed E-state index contributed by atoms with van der Waals surface area (Å²) in [5.41, 5.74) is 1.94. The molecule has 1 N–H and O–H groups in total. The average molecular weight is 257 g/mol. The number of nitrogens with one attached hydrogen (secondary N) is 1. The van der Waals surface area contributed by atoms with Crippen LogP contribution in [0.4, 0.5) is 0 Å². The van der Waals surface area contributed by atoms with Gasteiger partial charge in [-0.05, 0) is 43.6 Å². The van der Waals surface area contributed by atoms with Gasteiger partial charge in [0, 0.05) is 18.0 Å². The lowest BCUT2D eigenvalue weighted by Crippen LogP contribution is -2.44. The minimum Gasteiger partial charge on any atom is -0.313 e. The zero-order valence-corrected chi connectivity index (χ0v) is 12.2. The fraction of sp³-hybridized carbons (Fsp3) is 0.667. The van der Waals surface area contributed by atoms with E-state index in [1.165, 1.54) is 51.5 Å². The topological polar surface area (TPSA) is 12.0 Å². The van der Waals surface area contributed by atoms with Crippen molar-refractivity contribution in [3.8, 4) is 0 Å². The van der Waals surface area contributed by atoms with Gasteiger partial charge in [-0.2, -0.15) is 0 Å². The second kappa shape index (κ2) is 5.66. The molecular weight excluding hydrogens is 230 g/mol. The Bertz CT molecular complexity index is 389. The van der Waals surface area contributed by atoms with E-state index in [-0.39, 0.29) is 0 Å². The molecule has 2 aliphatic carbocycles. The number of hydrogen-bond donors (Lipinski definition) is 1. The summed E-state index contributed by atoms with van der Waals surface area (Å²) in [5.74, 6) is 0.881. The molecule has 104 valence electrons. The number of benzene rings is 1. The van der Waals surface area contributed by atoms with Gasteiger partial charge in [0.25, 0.3) is 0 Å². The molecule has 1 unspecified atom stereocenters. The molecule has 0 spiro atoms. The Kier molecular flexibility index (Phi) is 3.93. The van der Waals surface area contributed by atoms with E-state index in [0.717, 1.165) is 12.0 Å². The maximum Gasteiger partial charge on any atom is 0.0103 e. The SMILES string of the molecule is CCC(CNC1CC1)(c1ccccc1)C1CCCC1. The predicted octanol–water partition coefficient (Wildman–Crippen LogP) is 4.28. The Balaban J connectivity index is 1.86. The third kappa shape index (κ3) is 2.72. The normalized spacial score (nSPS) is 23.4. The van der Waals surface area contributed by atoms with E-state index >= 15 is 0 Å². The Labute approximate surface area is 117 Å². The average Bonchev–Trinajstić information content (AvgIpc) is 3.14. The molecule has 0 aromatic heterocycles. The molecule has 0 bridgehead atoms. The van der Waals surface area contributed by atoms with Crippen LogP contribution in [0.5, 0.6) is 0 Å². The van der Waals surface area contributed by atoms with Crippen molar-refractivity contribution in [3.63, 3.8) is 0 Å². The maximum atomic E-state index is 3.82.